The molecule has 11 aromatic rings. The minimum Gasteiger partial charge on any atom is -0.310 e. The molecule has 0 saturated heterocycles. The van der Waals surface area contributed by atoms with Crippen LogP contribution in [0.15, 0.2) is 176 Å². The van der Waals surface area contributed by atoms with Gasteiger partial charge < -0.3 is 9.13 Å². The Balaban J connectivity index is 1.23. The first-order chi connectivity index (χ1) is 32.0. The molecule has 9 aromatic carbocycles. The molecule has 2 aromatic heterocycles. The summed E-state index contributed by atoms with van der Waals surface area (Å²) in [7, 11) is -3.67. The maximum atomic E-state index is 2.80. The number of hydrogen-bond donors (Lipinski definition) is 0. The average molecular weight is 875 g/mol. The highest BCUT2D eigenvalue weighted by molar-refractivity contribution is 7.01. The van der Waals surface area contributed by atoms with Crippen LogP contribution in [0, 0.1) is 0 Å². The second kappa shape index (κ2) is 12.3. The maximum Gasteiger partial charge on any atom is 0.252 e. The Hall–Kier alpha value is -6.92. The van der Waals surface area contributed by atoms with Gasteiger partial charge in [-0.25, -0.2) is 0 Å². The molecule has 15 rings (SSSR count). The van der Waals surface area contributed by atoms with E-state index in [0.29, 0.717) is 0 Å². The van der Waals surface area contributed by atoms with E-state index in [0.717, 1.165) is 0 Å². The van der Waals surface area contributed by atoms with Crippen LogP contribution in [0.25, 0.3) is 88.4 Å². The molecule has 0 amide bonds. The first-order valence-electron chi connectivity index (χ1n) is 23.8. The number of nitrogens with zero attached hydrogens (tertiary/aromatic N) is 2. The summed E-state index contributed by atoms with van der Waals surface area (Å²) in [5, 5.41) is 9.85. The Kier molecular flexibility index (Phi) is 6.95. The Bertz CT molecular complexity index is 3970. The molecule has 0 radical (unpaired) electrons. The summed E-state index contributed by atoms with van der Waals surface area (Å²) >= 11 is 0. The van der Waals surface area contributed by atoms with Crippen LogP contribution in [-0.2, 0) is 5.41 Å². The lowest BCUT2D eigenvalue weighted by molar-refractivity contribution is 0.750. The lowest BCUT2D eigenvalue weighted by Crippen LogP contribution is -2.61. The summed E-state index contributed by atoms with van der Waals surface area (Å²) in [4.78, 5) is 0. The van der Waals surface area contributed by atoms with Crippen LogP contribution in [0.3, 0.4) is 0 Å². The van der Waals surface area contributed by atoms with E-state index >= 15 is 0 Å². The lowest BCUT2D eigenvalue weighted by atomic mass is 9.33. The van der Waals surface area contributed by atoms with Crippen molar-refractivity contribution in [3.63, 3.8) is 0 Å². The molecule has 5 heterocycles. The zero-order chi connectivity index (χ0) is 44.2. The van der Waals surface area contributed by atoms with E-state index < -0.39 is 21.6 Å². The Morgan fingerprint density at radius 3 is 1.70 bits per heavy atom. The third-order valence-corrected chi connectivity index (χ3v) is 20.2. The average Bonchev–Trinajstić information content (AvgIpc) is 3.97. The Morgan fingerprint density at radius 1 is 0.439 bits per heavy atom. The summed E-state index contributed by atoms with van der Waals surface area (Å²) < 4.78 is 5.50. The van der Waals surface area contributed by atoms with E-state index in [2.05, 4.69) is 224 Å². The highest BCUT2D eigenvalue weighted by atomic mass is 28.3. The van der Waals surface area contributed by atoms with E-state index in [-0.39, 0.29) is 6.71 Å². The molecule has 3 aliphatic heterocycles. The molecule has 0 bridgehead atoms. The van der Waals surface area contributed by atoms with Gasteiger partial charge in [0.25, 0.3) is 6.71 Å². The van der Waals surface area contributed by atoms with E-state index in [4.69, 9.17) is 0 Å². The van der Waals surface area contributed by atoms with Crippen molar-refractivity contribution in [2.45, 2.75) is 44.7 Å². The van der Waals surface area contributed by atoms with Crippen LogP contribution in [0.5, 0.6) is 0 Å². The number of rotatable bonds is 4. The van der Waals surface area contributed by atoms with E-state index in [9.17, 15) is 0 Å². The van der Waals surface area contributed by atoms with Gasteiger partial charge in [-0.1, -0.05) is 220 Å². The molecule has 0 unspecified atom stereocenters. The third-order valence-electron chi connectivity index (χ3n) is 16.1. The largest absolute Gasteiger partial charge is 0.310 e. The fourth-order valence-electron chi connectivity index (χ4n) is 13.4. The van der Waals surface area contributed by atoms with Gasteiger partial charge in [0.1, 0.15) is 0 Å². The predicted molar refractivity (Wildman–Crippen MR) is 287 cm³/mol. The van der Waals surface area contributed by atoms with Gasteiger partial charge in [0, 0.05) is 38.6 Å². The summed E-state index contributed by atoms with van der Waals surface area (Å²) in [5.41, 5.74) is 24.0. The van der Waals surface area contributed by atoms with Gasteiger partial charge in [-0.05, 0) is 77.7 Å². The molecule has 0 N–H and O–H groups in total. The minimum absolute atomic E-state index is 0.0225. The molecular formula is C61H47BN2Si2. The van der Waals surface area contributed by atoms with Crippen molar-refractivity contribution in [3.8, 4) is 44.9 Å². The van der Waals surface area contributed by atoms with Crippen molar-refractivity contribution in [1.29, 1.82) is 0 Å². The van der Waals surface area contributed by atoms with Crippen LogP contribution >= 0.6 is 0 Å². The van der Waals surface area contributed by atoms with Gasteiger partial charge in [-0.2, -0.15) is 0 Å². The van der Waals surface area contributed by atoms with Crippen LogP contribution in [0.2, 0.25) is 39.3 Å². The van der Waals surface area contributed by atoms with Gasteiger partial charge in [0.2, 0.25) is 0 Å². The molecule has 312 valence electrons. The number of aromatic nitrogens is 2. The van der Waals surface area contributed by atoms with Crippen molar-refractivity contribution in [1.82, 2.24) is 9.13 Å². The summed E-state index contributed by atoms with van der Waals surface area (Å²) in [5.74, 6) is 0. The van der Waals surface area contributed by atoms with E-state index in [1.165, 1.54) is 137 Å². The second-order valence-electron chi connectivity index (χ2n) is 21.6. The van der Waals surface area contributed by atoms with E-state index in [1.54, 1.807) is 0 Å². The predicted octanol–water partition coefficient (Wildman–Crippen LogP) is 12.1. The molecule has 1 aliphatic carbocycles. The molecule has 1 spiro atoms. The molecular weight excluding hydrogens is 828 g/mol. The highest BCUT2D eigenvalue weighted by Crippen LogP contribution is 2.61. The smallest absolute Gasteiger partial charge is 0.252 e. The quantitative estimate of drug-likeness (QED) is 0.156. The number of fused-ring (bicyclic) bond motifs is 13. The Morgan fingerprint density at radius 2 is 1.02 bits per heavy atom. The normalized spacial score (nSPS) is 14.6. The third kappa shape index (κ3) is 4.35. The lowest BCUT2D eigenvalue weighted by Gasteiger charge is -2.44. The Labute approximate surface area is 387 Å². The van der Waals surface area contributed by atoms with Crippen molar-refractivity contribution in [2.24, 2.45) is 0 Å². The summed E-state index contributed by atoms with van der Waals surface area (Å²) in [6, 6.07) is 68.7. The summed E-state index contributed by atoms with van der Waals surface area (Å²) in [6.07, 6.45) is 0. The monoisotopic (exact) mass is 874 g/mol. The zero-order valence-electron chi connectivity index (χ0n) is 38.2. The zero-order valence-corrected chi connectivity index (χ0v) is 40.2. The topological polar surface area (TPSA) is 9.86 Å². The van der Waals surface area contributed by atoms with Crippen LogP contribution in [0.4, 0.5) is 0 Å². The van der Waals surface area contributed by atoms with E-state index in [1.807, 2.05) is 0 Å². The fraction of sp³-hybridized carbons (Fsp3) is 0.115. The molecule has 66 heavy (non-hydrogen) atoms. The van der Waals surface area contributed by atoms with Gasteiger partial charge in [-0.15, -0.1) is 0 Å². The SMILES string of the molecule is C[Si](C)(C)c1cc2c3c(c1)c1cc([Si](C)(C)C)cc4c1n3-c1c(ccc3c1B2c1cc2ccccc2c2c(-c5ccccc5)c(-c5ccccc5)n-3c12)C41c2ccccc2-c2ccccc21. The van der Waals surface area contributed by atoms with Crippen molar-refractivity contribution < 1.29 is 0 Å². The molecule has 0 fully saturated rings. The number of benzene rings is 9. The highest BCUT2D eigenvalue weighted by Gasteiger charge is 2.55. The van der Waals surface area contributed by atoms with Crippen LogP contribution in [-0.4, -0.2) is 32.0 Å². The van der Waals surface area contributed by atoms with Gasteiger partial charge >= 0.3 is 0 Å². The fourth-order valence-corrected chi connectivity index (χ4v) is 15.7. The number of hydrogen-bond acceptors (Lipinski definition) is 0. The van der Waals surface area contributed by atoms with Crippen LogP contribution in [0.1, 0.15) is 22.3 Å². The molecule has 0 atom stereocenters. The first-order valence-corrected chi connectivity index (χ1v) is 30.8. The van der Waals surface area contributed by atoms with Gasteiger partial charge in [0.15, 0.2) is 0 Å². The minimum atomic E-state index is -1.84. The summed E-state index contributed by atoms with van der Waals surface area (Å²) in [6.45, 7) is 15.2. The van der Waals surface area contributed by atoms with Crippen molar-refractivity contribution in [2.75, 3.05) is 0 Å². The molecule has 5 heteroatoms. The second-order valence-corrected chi connectivity index (χ2v) is 31.7. The molecule has 2 nitrogen and oxygen atoms in total. The first kappa shape index (κ1) is 37.3. The maximum absolute atomic E-state index is 2.80. The molecule has 0 saturated carbocycles. The van der Waals surface area contributed by atoms with Crippen LogP contribution < -0.4 is 26.8 Å². The van der Waals surface area contributed by atoms with Gasteiger partial charge in [-0.3, -0.25) is 0 Å². The molecule has 4 aliphatic rings. The van der Waals surface area contributed by atoms with Crippen molar-refractivity contribution >= 4 is 93.1 Å². The standard InChI is InChI=1S/C61H47BN2Si2/c1-65(2,3)39-32-44-45-33-40(66(4,5)6)35-51-58(45)64-57(44)49(34-39)61(46-27-17-15-25-42(46)43-26-16-18-28-47(43)61)48-29-30-52-55(59(48)64)62(51)50-31-38-23-13-14-24-41(38)54-53(36-19-9-7-10-20-36)56(63(52)60(50)54)37-21-11-8-12-22-37/h7-35H,1-6H3. The van der Waals surface area contributed by atoms with Gasteiger partial charge in [0.05, 0.1) is 38.3 Å². The van der Waals surface area contributed by atoms with Crippen molar-refractivity contribution in [3.05, 3.63) is 198 Å².